The van der Waals surface area contributed by atoms with Crippen LogP contribution in [-0.4, -0.2) is 24.0 Å². The van der Waals surface area contributed by atoms with E-state index >= 15 is 0 Å². The van der Waals surface area contributed by atoms with Crippen LogP contribution in [0.5, 0.6) is 5.75 Å². The topological polar surface area (TPSA) is 33.3 Å². The van der Waals surface area contributed by atoms with Gasteiger partial charge in [-0.25, -0.2) is 0 Å². The van der Waals surface area contributed by atoms with Crippen molar-refractivity contribution in [2.24, 2.45) is 0 Å². The molecule has 0 radical (unpaired) electrons. The van der Waals surface area contributed by atoms with Crippen molar-refractivity contribution < 1.29 is 4.74 Å². The molecule has 25 heavy (non-hydrogen) atoms. The molecule has 2 rings (SSSR count). The third-order valence-corrected chi connectivity index (χ3v) is 4.66. The second kappa shape index (κ2) is 11.0. The molecule has 2 aromatic carbocycles. The summed E-state index contributed by atoms with van der Waals surface area (Å²) in [5, 5.41) is 7.75. The average molecular weight is 393 g/mol. The standard InChI is InChI=1S/C19H21ClN2OS2/c1-2-10-23-18-8-4-7-17(13-18)22-19(24)21-9-11-25-14-15-5-3-6-16(20)12-15/h2-8,12-13H,1,9-11,14H2,(H2,21,22,24). The first-order valence-electron chi connectivity index (χ1n) is 7.88. The number of ether oxygens (including phenoxy) is 1. The maximum Gasteiger partial charge on any atom is 0.170 e. The second-order valence-electron chi connectivity index (χ2n) is 5.19. The molecule has 0 unspecified atom stereocenters. The Morgan fingerprint density at radius 3 is 2.88 bits per heavy atom. The molecule has 6 heteroatoms. The number of anilines is 1. The third kappa shape index (κ3) is 7.82. The predicted molar refractivity (Wildman–Crippen MR) is 114 cm³/mol. The Hall–Kier alpha value is -1.69. The molecule has 0 bridgehead atoms. The fraction of sp³-hybridized carbons (Fsp3) is 0.211. The van der Waals surface area contributed by atoms with Gasteiger partial charge in [-0.3, -0.25) is 0 Å². The summed E-state index contributed by atoms with van der Waals surface area (Å²) in [6.07, 6.45) is 1.72. The van der Waals surface area contributed by atoms with Crippen molar-refractivity contribution in [3.8, 4) is 5.75 Å². The first-order chi connectivity index (χ1) is 12.2. The summed E-state index contributed by atoms with van der Waals surface area (Å²) in [6, 6.07) is 15.6. The van der Waals surface area contributed by atoms with E-state index in [9.17, 15) is 0 Å². The maximum absolute atomic E-state index is 5.98. The lowest BCUT2D eigenvalue weighted by molar-refractivity contribution is 0.363. The van der Waals surface area contributed by atoms with E-state index in [-0.39, 0.29) is 0 Å². The van der Waals surface area contributed by atoms with Gasteiger partial charge in [0.05, 0.1) is 0 Å². The highest BCUT2D eigenvalue weighted by atomic mass is 35.5. The van der Waals surface area contributed by atoms with Crippen LogP contribution in [-0.2, 0) is 5.75 Å². The molecule has 0 aliphatic carbocycles. The van der Waals surface area contributed by atoms with Gasteiger partial charge in [0.25, 0.3) is 0 Å². The second-order valence-corrected chi connectivity index (χ2v) is 7.14. The van der Waals surface area contributed by atoms with Crippen molar-refractivity contribution in [1.82, 2.24) is 5.32 Å². The van der Waals surface area contributed by atoms with Crippen LogP contribution in [0.15, 0.2) is 61.2 Å². The molecule has 0 fully saturated rings. The van der Waals surface area contributed by atoms with Gasteiger partial charge in [-0.2, -0.15) is 11.8 Å². The molecule has 3 nitrogen and oxygen atoms in total. The van der Waals surface area contributed by atoms with Crippen molar-refractivity contribution in [1.29, 1.82) is 0 Å². The highest BCUT2D eigenvalue weighted by molar-refractivity contribution is 7.98. The number of nitrogens with one attached hydrogen (secondary N) is 2. The van der Waals surface area contributed by atoms with Gasteiger partial charge in [0.1, 0.15) is 12.4 Å². The zero-order valence-electron chi connectivity index (χ0n) is 13.8. The van der Waals surface area contributed by atoms with E-state index in [0.717, 1.165) is 34.5 Å². The molecular formula is C19H21ClN2OS2. The lowest BCUT2D eigenvalue weighted by atomic mass is 10.2. The highest BCUT2D eigenvalue weighted by Crippen LogP contribution is 2.18. The van der Waals surface area contributed by atoms with Crippen LogP contribution in [0.2, 0.25) is 5.02 Å². The maximum atomic E-state index is 5.98. The largest absolute Gasteiger partial charge is 0.489 e. The normalized spacial score (nSPS) is 10.1. The minimum atomic E-state index is 0.482. The van der Waals surface area contributed by atoms with Crippen molar-refractivity contribution in [3.05, 3.63) is 71.8 Å². The van der Waals surface area contributed by atoms with Crippen LogP contribution in [0.3, 0.4) is 0 Å². The molecule has 0 aliphatic rings. The average Bonchev–Trinajstić information content (AvgIpc) is 2.60. The molecule has 2 aromatic rings. The van der Waals surface area contributed by atoms with E-state index in [4.69, 9.17) is 28.6 Å². The van der Waals surface area contributed by atoms with Gasteiger partial charge in [0.15, 0.2) is 5.11 Å². The van der Waals surface area contributed by atoms with E-state index in [1.54, 1.807) is 6.08 Å². The fourth-order valence-electron chi connectivity index (χ4n) is 2.05. The summed E-state index contributed by atoms with van der Waals surface area (Å²) in [5.74, 6) is 2.67. The molecule has 0 spiro atoms. The van der Waals surface area contributed by atoms with Crippen LogP contribution in [0.1, 0.15) is 5.56 Å². The van der Waals surface area contributed by atoms with E-state index in [2.05, 4.69) is 23.3 Å². The van der Waals surface area contributed by atoms with E-state index in [1.165, 1.54) is 5.56 Å². The minimum absolute atomic E-state index is 0.482. The number of hydrogen-bond donors (Lipinski definition) is 2. The van der Waals surface area contributed by atoms with Gasteiger partial charge >= 0.3 is 0 Å². The predicted octanol–water partition coefficient (Wildman–Crippen LogP) is 5.12. The van der Waals surface area contributed by atoms with Crippen molar-refractivity contribution in [2.75, 3.05) is 24.2 Å². The van der Waals surface area contributed by atoms with Gasteiger partial charge in [0, 0.05) is 34.8 Å². The fourth-order valence-corrected chi connectivity index (χ4v) is 3.29. The Kier molecular flexibility index (Phi) is 8.66. The van der Waals surface area contributed by atoms with Crippen molar-refractivity contribution in [3.63, 3.8) is 0 Å². The third-order valence-electron chi connectivity index (χ3n) is 3.15. The molecule has 2 N–H and O–H groups in total. The number of rotatable bonds is 9. The smallest absolute Gasteiger partial charge is 0.170 e. The van der Waals surface area contributed by atoms with Gasteiger partial charge < -0.3 is 15.4 Å². The van der Waals surface area contributed by atoms with E-state index in [1.807, 2.05) is 54.2 Å². The Morgan fingerprint density at radius 2 is 2.08 bits per heavy atom. The van der Waals surface area contributed by atoms with Gasteiger partial charge in [-0.1, -0.05) is 42.5 Å². The van der Waals surface area contributed by atoms with Crippen molar-refractivity contribution >= 4 is 46.4 Å². The Bertz CT molecular complexity index is 709. The molecule has 0 aliphatic heterocycles. The summed E-state index contributed by atoms with van der Waals surface area (Å²) in [5.41, 5.74) is 2.13. The van der Waals surface area contributed by atoms with Gasteiger partial charge in [0.2, 0.25) is 0 Å². The van der Waals surface area contributed by atoms with E-state index < -0.39 is 0 Å². The zero-order valence-corrected chi connectivity index (χ0v) is 16.2. The van der Waals surface area contributed by atoms with Gasteiger partial charge in [-0.15, -0.1) is 0 Å². The lowest BCUT2D eigenvalue weighted by Crippen LogP contribution is -2.30. The lowest BCUT2D eigenvalue weighted by Gasteiger charge is -2.11. The summed E-state index contributed by atoms with van der Waals surface area (Å²) >= 11 is 13.1. The molecule has 0 aromatic heterocycles. The van der Waals surface area contributed by atoms with Crippen molar-refractivity contribution in [2.45, 2.75) is 5.75 Å². The minimum Gasteiger partial charge on any atom is -0.489 e. The summed E-state index contributed by atoms with van der Waals surface area (Å²) in [6.45, 7) is 4.92. The molecular weight excluding hydrogens is 372 g/mol. The number of thiocarbonyl (C=S) groups is 1. The summed E-state index contributed by atoms with van der Waals surface area (Å²) < 4.78 is 5.51. The number of benzene rings is 2. The first kappa shape index (κ1) is 19.6. The first-order valence-corrected chi connectivity index (χ1v) is 9.82. The molecule has 132 valence electrons. The monoisotopic (exact) mass is 392 g/mol. The number of hydrogen-bond acceptors (Lipinski definition) is 3. The Labute approximate surface area is 163 Å². The molecule has 0 saturated heterocycles. The van der Waals surface area contributed by atoms with Crippen LogP contribution in [0.4, 0.5) is 5.69 Å². The number of halogens is 1. The summed E-state index contributed by atoms with van der Waals surface area (Å²) in [4.78, 5) is 0. The quantitative estimate of drug-likeness (QED) is 0.351. The highest BCUT2D eigenvalue weighted by Gasteiger charge is 2.00. The van der Waals surface area contributed by atoms with Crippen LogP contribution < -0.4 is 15.4 Å². The van der Waals surface area contributed by atoms with Crippen LogP contribution in [0.25, 0.3) is 0 Å². The summed E-state index contributed by atoms with van der Waals surface area (Å²) in [7, 11) is 0. The molecule has 0 atom stereocenters. The van der Waals surface area contributed by atoms with Crippen LogP contribution >= 0.6 is 35.6 Å². The molecule has 0 heterocycles. The SMILES string of the molecule is C=CCOc1cccc(NC(=S)NCCSCc2cccc(Cl)c2)c1. The van der Waals surface area contributed by atoms with E-state index in [0.29, 0.717) is 11.7 Å². The zero-order chi connectivity index (χ0) is 17.9. The Morgan fingerprint density at radius 1 is 1.24 bits per heavy atom. The van der Waals surface area contributed by atoms with Gasteiger partial charge in [-0.05, 0) is 42.0 Å². The number of thioether (sulfide) groups is 1. The molecule has 0 amide bonds. The molecule has 0 saturated carbocycles. The Balaban J connectivity index is 1.66. The van der Waals surface area contributed by atoms with Crippen LogP contribution in [0, 0.1) is 0 Å².